The average molecular weight is 422 g/mol. The number of hydrogen-bond acceptors (Lipinski definition) is 4. The Morgan fingerprint density at radius 3 is 2.52 bits per heavy atom. The molecule has 160 valence electrons. The third-order valence-corrected chi connectivity index (χ3v) is 4.83. The summed E-state index contributed by atoms with van der Waals surface area (Å²) in [6.45, 7) is 5.90. The lowest BCUT2D eigenvalue weighted by molar-refractivity contribution is 0.0977. The monoisotopic (exact) mass is 422 g/mol. The molecule has 1 aromatic heterocycles. The van der Waals surface area contributed by atoms with Crippen molar-refractivity contribution in [3.63, 3.8) is 0 Å². The number of carbonyl (C=O) groups excluding carboxylic acids is 1. The minimum Gasteiger partial charge on any atom is -0.401 e. The van der Waals surface area contributed by atoms with E-state index in [0.29, 0.717) is 28.2 Å². The summed E-state index contributed by atoms with van der Waals surface area (Å²) in [6, 6.07) is 10.2. The van der Waals surface area contributed by atoms with Gasteiger partial charge in [0.05, 0.1) is 5.52 Å². The lowest BCUT2D eigenvalue weighted by atomic mass is 9.92. The highest BCUT2D eigenvalue weighted by Gasteiger charge is 2.16. The first kappa shape index (κ1) is 22.1. The number of aliphatic imine (C=N–C) groups is 1. The van der Waals surface area contributed by atoms with Gasteiger partial charge in [-0.15, -0.1) is 0 Å². The molecule has 0 spiro atoms. The minimum atomic E-state index is -0.661. The number of carbonyl (C=O) groups is 1. The first-order valence-electron chi connectivity index (χ1n) is 9.69. The van der Waals surface area contributed by atoms with Crippen LogP contribution in [-0.4, -0.2) is 23.8 Å². The standard InChI is InChI=1S/C24H24F2N4O/c1-24(2,3)21(27)12-22(28-4)30-23(31)15-6-5-14-9-16(13-29-20(14)10-15)18-8-7-17(25)11-19(18)26/h5-13H,27H2,1-4H3,(H,28,30,31)/b21-12-. The molecular weight excluding hydrogens is 398 g/mol. The molecule has 31 heavy (non-hydrogen) atoms. The number of aromatic nitrogens is 1. The van der Waals surface area contributed by atoms with Crippen molar-refractivity contribution in [2.45, 2.75) is 20.8 Å². The van der Waals surface area contributed by atoms with Gasteiger partial charge in [0.25, 0.3) is 5.91 Å². The molecule has 7 heteroatoms. The first-order chi connectivity index (χ1) is 14.6. The van der Waals surface area contributed by atoms with Crippen LogP contribution in [0.15, 0.2) is 65.4 Å². The number of nitrogens with one attached hydrogen (secondary N) is 1. The highest BCUT2D eigenvalue weighted by atomic mass is 19.1. The second kappa shape index (κ2) is 8.63. The fourth-order valence-corrected chi connectivity index (χ4v) is 2.84. The van der Waals surface area contributed by atoms with Crippen molar-refractivity contribution in [3.8, 4) is 11.1 Å². The molecule has 0 radical (unpaired) electrons. The van der Waals surface area contributed by atoms with E-state index in [1.807, 2.05) is 20.8 Å². The maximum absolute atomic E-state index is 14.1. The zero-order valence-electron chi connectivity index (χ0n) is 17.8. The molecule has 3 N–H and O–H groups in total. The van der Waals surface area contributed by atoms with Crippen molar-refractivity contribution < 1.29 is 13.6 Å². The second-order valence-electron chi connectivity index (χ2n) is 8.17. The molecule has 0 unspecified atom stereocenters. The number of amides is 1. The molecule has 3 rings (SSSR count). The van der Waals surface area contributed by atoms with Crippen LogP contribution in [0.3, 0.4) is 0 Å². The fourth-order valence-electron chi connectivity index (χ4n) is 2.84. The third-order valence-electron chi connectivity index (χ3n) is 4.83. The number of hydrogen-bond donors (Lipinski definition) is 2. The van der Waals surface area contributed by atoms with E-state index in [-0.39, 0.29) is 16.9 Å². The highest BCUT2D eigenvalue weighted by Crippen LogP contribution is 2.26. The number of halogens is 2. The van der Waals surface area contributed by atoms with Crippen LogP contribution >= 0.6 is 0 Å². The van der Waals surface area contributed by atoms with Crippen LogP contribution in [0.5, 0.6) is 0 Å². The Hall–Kier alpha value is -3.61. The molecule has 2 aromatic carbocycles. The van der Waals surface area contributed by atoms with Gasteiger partial charge in [0.2, 0.25) is 0 Å². The van der Waals surface area contributed by atoms with E-state index >= 15 is 0 Å². The number of nitrogens with zero attached hydrogens (tertiary/aromatic N) is 2. The van der Waals surface area contributed by atoms with Crippen molar-refractivity contribution >= 4 is 22.6 Å². The maximum Gasteiger partial charge on any atom is 0.256 e. The predicted octanol–water partition coefficient (Wildman–Crippen LogP) is 4.83. The van der Waals surface area contributed by atoms with Crippen LogP contribution in [0.25, 0.3) is 22.0 Å². The average Bonchev–Trinajstić information content (AvgIpc) is 2.71. The van der Waals surface area contributed by atoms with E-state index in [1.54, 1.807) is 37.4 Å². The first-order valence-corrected chi connectivity index (χ1v) is 9.69. The molecule has 0 bridgehead atoms. The second-order valence-corrected chi connectivity index (χ2v) is 8.17. The van der Waals surface area contributed by atoms with Crippen molar-refractivity contribution in [2.24, 2.45) is 16.1 Å². The SMILES string of the molecule is CN=C(/C=C(\N)C(C)(C)C)NC(=O)c1ccc2cc(-c3ccc(F)cc3F)cnc2c1. The Kier molecular flexibility index (Phi) is 6.15. The Balaban J connectivity index is 1.86. The minimum absolute atomic E-state index is 0.254. The van der Waals surface area contributed by atoms with Gasteiger partial charge >= 0.3 is 0 Å². The van der Waals surface area contributed by atoms with Gasteiger partial charge in [-0.1, -0.05) is 26.8 Å². The molecule has 0 aliphatic heterocycles. The van der Waals surface area contributed by atoms with Gasteiger partial charge in [0.1, 0.15) is 17.5 Å². The molecule has 0 saturated heterocycles. The van der Waals surface area contributed by atoms with E-state index < -0.39 is 11.6 Å². The summed E-state index contributed by atoms with van der Waals surface area (Å²) in [7, 11) is 1.57. The summed E-state index contributed by atoms with van der Waals surface area (Å²) >= 11 is 0. The fraction of sp³-hybridized carbons (Fsp3) is 0.208. The lowest BCUT2D eigenvalue weighted by Gasteiger charge is -2.19. The number of nitrogens with two attached hydrogens (primary N) is 1. The van der Waals surface area contributed by atoms with Crippen LogP contribution < -0.4 is 11.1 Å². The van der Waals surface area contributed by atoms with Gasteiger partial charge in [-0.05, 0) is 36.4 Å². The molecule has 0 aliphatic carbocycles. The predicted molar refractivity (Wildman–Crippen MR) is 120 cm³/mol. The van der Waals surface area contributed by atoms with Crippen molar-refractivity contribution in [1.82, 2.24) is 10.3 Å². The largest absolute Gasteiger partial charge is 0.401 e. The molecule has 5 nitrogen and oxygen atoms in total. The Labute approximate surface area is 179 Å². The van der Waals surface area contributed by atoms with E-state index in [4.69, 9.17) is 5.73 Å². The normalized spacial score (nSPS) is 12.8. The van der Waals surface area contributed by atoms with E-state index in [0.717, 1.165) is 11.5 Å². The van der Waals surface area contributed by atoms with Crippen LogP contribution in [0.4, 0.5) is 8.78 Å². The molecule has 0 saturated carbocycles. The summed E-state index contributed by atoms with van der Waals surface area (Å²) in [5.41, 5.74) is 8.14. The molecule has 0 aliphatic rings. The maximum atomic E-state index is 14.1. The summed E-state index contributed by atoms with van der Waals surface area (Å²) in [4.78, 5) is 21.1. The zero-order valence-corrected chi connectivity index (χ0v) is 17.8. The van der Waals surface area contributed by atoms with Crippen molar-refractivity contribution in [1.29, 1.82) is 0 Å². The highest BCUT2D eigenvalue weighted by molar-refractivity contribution is 6.11. The lowest BCUT2D eigenvalue weighted by Crippen LogP contribution is -2.31. The van der Waals surface area contributed by atoms with Gasteiger partial charge in [-0.2, -0.15) is 0 Å². The van der Waals surface area contributed by atoms with Crippen LogP contribution in [-0.2, 0) is 0 Å². The van der Waals surface area contributed by atoms with Gasteiger partial charge in [-0.25, -0.2) is 8.78 Å². The van der Waals surface area contributed by atoms with E-state index in [2.05, 4.69) is 15.3 Å². The van der Waals surface area contributed by atoms with Gasteiger partial charge in [0, 0.05) is 52.5 Å². The Bertz CT molecular complexity index is 1210. The number of pyridine rings is 1. The number of benzene rings is 2. The summed E-state index contributed by atoms with van der Waals surface area (Å²) in [6.07, 6.45) is 3.13. The smallest absolute Gasteiger partial charge is 0.256 e. The number of amidine groups is 1. The van der Waals surface area contributed by atoms with Crippen LogP contribution in [0.2, 0.25) is 0 Å². The zero-order chi connectivity index (χ0) is 22.8. The molecule has 0 atom stereocenters. The topological polar surface area (TPSA) is 80.4 Å². The Morgan fingerprint density at radius 1 is 1.13 bits per heavy atom. The summed E-state index contributed by atoms with van der Waals surface area (Å²) < 4.78 is 27.2. The number of allylic oxidation sites excluding steroid dienone is 1. The quantitative estimate of drug-likeness (QED) is 0.469. The van der Waals surface area contributed by atoms with Gasteiger partial charge in [0.15, 0.2) is 0 Å². The Morgan fingerprint density at radius 2 is 1.87 bits per heavy atom. The number of rotatable bonds is 3. The van der Waals surface area contributed by atoms with E-state index in [9.17, 15) is 13.6 Å². The van der Waals surface area contributed by atoms with Gasteiger partial charge < -0.3 is 11.1 Å². The van der Waals surface area contributed by atoms with Crippen molar-refractivity contribution in [2.75, 3.05) is 7.05 Å². The molecule has 1 amide bonds. The van der Waals surface area contributed by atoms with E-state index in [1.165, 1.54) is 18.3 Å². The van der Waals surface area contributed by atoms with Crippen LogP contribution in [0, 0.1) is 17.0 Å². The molecular formula is C24H24F2N4O. The van der Waals surface area contributed by atoms with Crippen molar-refractivity contribution in [3.05, 3.63) is 77.6 Å². The van der Waals surface area contributed by atoms with Crippen LogP contribution in [0.1, 0.15) is 31.1 Å². The molecule has 1 heterocycles. The molecule has 3 aromatic rings. The number of fused-ring (bicyclic) bond motifs is 1. The van der Waals surface area contributed by atoms with Gasteiger partial charge in [-0.3, -0.25) is 14.8 Å². The molecule has 0 fully saturated rings. The third kappa shape index (κ3) is 5.12. The summed E-state index contributed by atoms with van der Waals surface area (Å²) in [5, 5.41) is 3.46. The summed E-state index contributed by atoms with van der Waals surface area (Å²) in [5.74, 6) is -1.30.